The molecule has 0 heterocycles. The third kappa shape index (κ3) is 1.61. The van der Waals surface area contributed by atoms with E-state index in [0.29, 0.717) is 5.92 Å². The molecule has 2 nitrogen and oxygen atoms in total. The van der Waals surface area contributed by atoms with E-state index in [1.807, 2.05) is 0 Å². The molecule has 0 aromatic rings. The maximum Gasteiger partial charge on any atom is 0.0692 e. The Labute approximate surface area is 87.3 Å². The summed E-state index contributed by atoms with van der Waals surface area (Å²) in [4.78, 5) is 0. The largest absolute Gasteiger partial charge is 0.384 e. The van der Waals surface area contributed by atoms with Crippen molar-refractivity contribution >= 4 is 0 Å². The number of ether oxygens (including phenoxy) is 2. The zero-order valence-corrected chi connectivity index (χ0v) is 9.80. The lowest BCUT2D eigenvalue weighted by atomic mass is 9.78. The Kier molecular flexibility index (Phi) is 3.73. The summed E-state index contributed by atoms with van der Waals surface area (Å²) in [5.74, 6) is 0.551. The highest BCUT2D eigenvalue weighted by Gasteiger charge is 2.48. The molecule has 0 saturated heterocycles. The average molecular weight is 198 g/mol. The van der Waals surface area contributed by atoms with Gasteiger partial charge in [-0.1, -0.05) is 26.0 Å². The minimum atomic E-state index is 0.0446. The Morgan fingerprint density at radius 1 is 1.50 bits per heavy atom. The molecule has 1 fully saturated rings. The smallest absolute Gasteiger partial charge is 0.0692 e. The van der Waals surface area contributed by atoms with Crippen molar-refractivity contribution in [2.24, 2.45) is 11.3 Å². The summed E-state index contributed by atoms with van der Waals surface area (Å²) < 4.78 is 10.9. The zero-order valence-electron chi connectivity index (χ0n) is 9.80. The number of rotatable bonds is 4. The molecular weight excluding hydrogens is 176 g/mol. The molecule has 82 valence electrons. The SMILES string of the molecule is C=C1[C@@H](C)C[C@H](OC)[C@@]1(CC)COC. The van der Waals surface area contributed by atoms with Crippen molar-refractivity contribution in [1.29, 1.82) is 0 Å². The lowest BCUT2D eigenvalue weighted by Gasteiger charge is -2.34. The first-order valence-corrected chi connectivity index (χ1v) is 5.33. The van der Waals surface area contributed by atoms with E-state index in [1.54, 1.807) is 14.2 Å². The molecule has 0 aromatic carbocycles. The van der Waals surface area contributed by atoms with Crippen molar-refractivity contribution in [3.63, 3.8) is 0 Å². The first kappa shape index (κ1) is 11.7. The van der Waals surface area contributed by atoms with Crippen LogP contribution >= 0.6 is 0 Å². The summed E-state index contributed by atoms with van der Waals surface area (Å²) in [6.45, 7) is 9.36. The molecule has 0 amide bonds. The van der Waals surface area contributed by atoms with E-state index in [0.717, 1.165) is 19.4 Å². The van der Waals surface area contributed by atoms with Gasteiger partial charge in [0.1, 0.15) is 0 Å². The van der Waals surface area contributed by atoms with E-state index >= 15 is 0 Å². The fourth-order valence-electron chi connectivity index (χ4n) is 2.71. The molecule has 0 unspecified atom stereocenters. The van der Waals surface area contributed by atoms with Crippen LogP contribution in [0.15, 0.2) is 12.2 Å². The predicted octanol–water partition coefficient (Wildman–Crippen LogP) is 2.64. The van der Waals surface area contributed by atoms with Crippen LogP contribution in [0, 0.1) is 11.3 Å². The first-order valence-electron chi connectivity index (χ1n) is 5.33. The van der Waals surface area contributed by atoms with Gasteiger partial charge >= 0.3 is 0 Å². The van der Waals surface area contributed by atoms with Crippen LogP contribution in [-0.4, -0.2) is 26.9 Å². The summed E-state index contributed by atoms with van der Waals surface area (Å²) in [5.41, 5.74) is 1.34. The predicted molar refractivity (Wildman–Crippen MR) is 58.3 cm³/mol. The fraction of sp³-hybridized carbons (Fsp3) is 0.833. The molecule has 1 rings (SSSR count). The van der Waals surface area contributed by atoms with Gasteiger partial charge in [-0.25, -0.2) is 0 Å². The van der Waals surface area contributed by atoms with Crippen molar-refractivity contribution in [2.75, 3.05) is 20.8 Å². The zero-order chi connectivity index (χ0) is 10.8. The van der Waals surface area contributed by atoms with Gasteiger partial charge in [0.25, 0.3) is 0 Å². The average Bonchev–Trinajstić information content (AvgIpc) is 2.43. The van der Waals surface area contributed by atoms with Crippen LogP contribution in [-0.2, 0) is 9.47 Å². The van der Waals surface area contributed by atoms with Crippen molar-refractivity contribution in [2.45, 2.75) is 32.8 Å². The first-order chi connectivity index (χ1) is 6.62. The summed E-state index contributed by atoms with van der Waals surface area (Å²) in [6, 6.07) is 0. The Hall–Kier alpha value is -0.340. The summed E-state index contributed by atoms with van der Waals surface area (Å²) in [5, 5.41) is 0. The molecule has 1 aliphatic rings. The molecule has 0 aliphatic heterocycles. The molecule has 1 aliphatic carbocycles. The van der Waals surface area contributed by atoms with Crippen LogP contribution in [0.3, 0.4) is 0 Å². The Morgan fingerprint density at radius 2 is 2.14 bits per heavy atom. The van der Waals surface area contributed by atoms with Gasteiger partial charge in [0.15, 0.2) is 0 Å². The monoisotopic (exact) mass is 198 g/mol. The Balaban J connectivity index is 2.93. The second-order valence-electron chi connectivity index (χ2n) is 4.33. The lowest BCUT2D eigenvalue weighted by Crippen LogP contribution is -2.36. The Morgan fingerprint density at radius 3 is 2.57 bits per heavy atom. The number of methoxy groups -OCH3 is 2. The fourth-order valence-corrected chi connectivity index (χ4v) is 2.71. The van der Waals surface area contributed by atoms with Crippen LogP contribution in [0.25, 0.3) is 0 Å². The highest BCUT2D eigenvalue weighted by atomic mass is 16.5. The van der Waals surface area contributed by atoms with Crippen LogP contribution in [0.1, 0.15) is 26.7 Å². The highest BCUT2D eigenvalue weighted by molar-refractivity contribution is 5.22. The number of hydrogen-bond donors (Lipinski definition) is 0. The van der Waals surface area contributed by atoms with Crippen molar-refractivity contribution in [3.05, 3.63) is 12.2 Å². The van der Waals surface area contributed by atoms with Crippen molar-refractivity contribution in [3.8, 4) is 0 Å². The maximum absolute atomic E-state index is 5.57. The van der Waals surface area contributed by atoms with Crippen LogP contribution in [0.4, 0.5) is 0 Å². The van der Waals surface area contributed by atoms with Gasteiger partial charge in [0.2, 0.25) is 0 Å². The summed E-state index contributed by atoms with van der Waals surface area (Å²) in [7, 11) is 3.54. The second-order valence-corrected chi connectivity index (χ2v) is 4.33. The topological polar surface area (TPSA) is 18.5 Å². The third-order valence-corrected chi connectivity index (χ3v) is 3.74. The van der Waals surface area contributed by atoms with Crippen LogP contribution in [0.5, 0.6) is 0 Å². The second kappa shape index (κ2) is 4.45. The number of hydrogen-bond acceptors (Lipinski definition) is 2. The normalized spacial score (nSPS) is 37.9. The summed E-state index contributed by atoms with van der Waals surface area (Å²) >= 11 is 0. The molecule has 0 bridgehead atoms. The molecule has 14 heavy (non-hydrogen) atoms. The van der Waals surface area contributed by atoms with Gasteiger partial charge in [0, 0.05) is 19.6 Å². The van der Waals surface area contributed by atoms with E-state index in [4.69, 9.17) is 9.47 Å². The minimum absolute atomic E-state index is 0.0446. The van der Waals surface area contributed by atoms with Gasteiger partial charge in [-0.15, -0.1) is 0 Å². The van der Waals surface area contributed by atoms with Crippen LogP contribution < -0.4 is 0 Å². The van der Waals surface area contributed by atoms with Crippen molar-refractivity contribution in [1.82, 2.24) is 0 Å². The van der Waals surface area contributed by atoms with E-state index < -0.39 is 0 Å². The Bertz CT molecular complexity index is 212. The van der Waals surface area contributed by atoms with E-state index in [-0.39, 0.29) is 11.5 Å². The molecule has 1 saturated carbocycles. The maximum atomic E-state index is 5.57. The summed E-state index contributed by atoms with van der Waals surface area (Å²) in [6.07, 6.45) is 2.39. The highest BCUT2D eigenvalue weighted by Crippen LogP contribution is 2.49. The van der Waals surface area contributed by atoms with Gasteiger partial charge in [-0.05, 0) is 18.8 Å². The van der Waals surface area contributed by atoms with Crippen LogP contribution in [0.2, 0.25) is 0 Å². The van der Waals surface area contributed by atoms with E-state index in [2.05, 4.69) is 20.4 Å². The molecule has 2 heteroatoms. The van der Waals surface area contributed by atoms with Gasteiger partial charge in [-0.3, -0.25) is 0 Å². The quantitative estimate of drug-likeness (QED) is 0.646. The minimum Gasteiger partial charge on any atom is -0.384 e. The third-order valence-electron chi connectivity index (χ3n) is 3.74. The molecule has 0 radical (unpaired) electrons. The standard InChI is InChI=1S/C12H22O2/c1-6-12(8-13-4)10(3)9(2)7-11(12)14-5/h9,11H,3,6-8H2,1-2,4-5H3/t9-,11-,12-/m0/s1. The van der Waals surface area contributed by atoms with Gasteiger partial charge < -0.3 is 9.47 Å². The van der Waals surface area contributed by atoms with E-state index in [9.17, 15) is 0 Å². The van der Waals surface area contributed by atoms with Gasteiger partial charge in [-0.2, -0.15) is 0 Å². The van der Waals surface area contributed by atoms with Crippen molar-refractivity contribution < 1.29 is 9.47 Å². The molecular formula is C12H22O2. The molecule has 0 spiro atoms. The lowest BCUT2D eigenvalue weighted by molar-refractivity contribution is -0.0203. The molecule has 3 atom stereocenters. The van der Waals surface area contributed by atoms with Gasteiger partial charge in [0.05, 0.1) is 12.7 Å². The molecule has 0 aromatic heterocycles. The van der Waals surface area contributed by atoms with E-state index in [1.165, 1.54) is 5.57 Å². The molecule has 0 N–H and O–H groups in total.